The average molecular weight is 482 g/mol. The van der Waals surface area contributed by atoms with Gasteiger partial charge in [0.1, 0.15) is 6.23 Å². The van der Waals surface area contributed by atoms with Gasteiger partial charge in [-0.2, -0.15) is 0 Å². The van der Waals surface area contributed by atoms with Crippen molar-refractivity contribution < 1.29 is 9.90 Å². The van der Waals surface area contributed by atoms with Gasteiger partial charge in [0.25, 0.3) is 0 Å². The van der Waals surface area contributed by atoms with Crippen LogP contribution in [-0.4, -0.2) is 45.0 Å². The summed E-state index contributed by atoms with van der Waals surface area (Å²) in [5, 5.41) is 18.1. The molecule has 0 aliphatic carbocycles. The number of rotatable bonds is 9. The first kappa shape index (κ1) is 23.4. The van der Waals surface area contributed by atoms with Crippen LogP contribution < -0.4 is 10.6 Å². The maximum atomic E-state index is 11.4. The zero-order valence-corrected chi connectivity index (χ0v) is 19.8. The second-order valence-corrected chi connectivity index (χ2v) is 10.1. The highest BCUT2D eigenvalue weighted by Crippen LogP contribution is 2.32. The average Bonchev–Trinajstić information content (AvgIpc) is 3.30. The van der Waals surface area contributed by atoms with Crippen LogP contribution in [0.3, 0.4) is 0 Å². The van der Waals surface area contributed by atoms with Gasteiger partial charge in [-0.25, -0.2) is 4.98 Å². The third-order valence-corrected chi connectivity index (χ3v) is 7.57. The number of anilines is 2. The highest BCUT2D eigenvalue weighted by atomic mass is 32.2. The minimum absolute atomic E-state index is 0.224. The predicted molar refractivity (Wildman–Crippen MR) is 134 cm³/mol. The van der Waals surface area contributed by atoms with Gasteiger partial charge in [0.05, 0.1) is 10.4 Å². The van der Waals surface area contributed by atoms with Gasteiger partial charge in [-0.15, -0.1) is 11.8 Å². The number of hydrogen-bond acceptors (Lipinski definition) is 8. The Bertz CT molecular complexity index is 1060. The molecule has 33 heavy (non-hydrogen) atoms. The first-order valence-corrected chi connectivity index (χ1v) is 12.6. The summed E-state index contributed by atoms with van der Waals surface area (Å²) in [5.74, 6) is 0.614. The number of nitrogens with zero attached hydrogens (tertiary/aromatic N) is 3. The zero-order chi connectivity index (χ0) is 23.0. The number of nitrogens with one attached hydrogen (secondary N) is 2. The first-order valence-electron chi connectivity index (χ1n) is 10.8. The Balaban J connectivity index is 1.30. The SMILES string of the molecule is C=CC(=O)Nc1ccc(C(O)N2CCC[C@@H](Nc3ncc(SCc4cccnc4)s3)C2)cc1. The fourth-order valence-corrected chi connectivity index (χ4v) is 5.58. The Morgan fingerprint density at radius 2 is 2.18 bits per heavy atom. The standard InChI is InChI=1S/C24H27N5O2S2/c1-2-21(30)27-19-9-7-18(8-10-19)23(31)29-12-4-6-20(15-29)28-24-26-14-22(33-24)32-16-17-5-3-11-25-13-17/h2-3,5,7-11,13-14,20,23,31H,1,4,6,12,15-16H2,(H,26,28)(H,27,30)/t20-,23?/m1/s1. The van der Waals surface area contributed by atoms with Crippen molar-refractivity contribution in [2.75, 3.05) is 23.7 Å². The normalized spacial score (nSPS) is 17.3. The Kier molecular flexibility index (Phi) is 8.11. The van der Waals surface area contributed by atoms with Crippen LogP contribution in [0.5, 0.6) is 0 Å². The largest absolute Gasteiger partial charge is 0.374 e. The number of hydrogen-bond donors (Lipinski definition) is 3. The summed E-state index contributed by atoms with van der Waals surface area (Å²) >= 11 is 3.42. The summed E-state index contributed by atoms with van der Waals surface area (Å²) in [7, 11) is 0. The van der Waals surface area contributed by atoms with Crippen molar-refractivity contribution in [3.8, 4) is 0 Å². The van der Waals surface area contributed by atoms with Crippen molar-refractivity contribution in [2.24, 2.45) is 0 Å². The molecule has 1 aliphatic heterocycles. The predicted octanol–water partition coefficient (Wildman–Crippen LogP) is 4.52. The number of thioether (sulfide) groups is 1. The van der Waals surface area contributed by atoms with Gasteiger partial charge in [0.15, 0.2) is 5.13 Å². The van der Waals surface area contributed by atoms with Crippen LogP contribution >= 0.6 is 23.1 Å². The Morgan fingerprint density at radius 1 is 1.33 bits per heavy atom. The van der Waals surface area contributed by atoms with Crippen LogP contribution in [0.15, 0.2) is 71.9 Å². The molecule has 0 spiro atoms. The molecule has 4 rings (SSSR count). The number of benzene rings is 1. The van der Waals surface area contributed by atoms with Crippen LogP contribution in [0.2, 0.25) is 0 Å². The molecule has 1 saturated heterocycles. The second kappa shape index (κ2) is 11.4. The molecular weight excluding hydrogens is 454 g/mol. The van der Waals surface area contributed by atoms with Gasteiger partial charge in [0.2, 0.25) is 5.91 Å². The van der Waals surface area contributed by atoms with Crippen molar-refractivity contribution in [2.45, 2.75) is 35.1 Å². The lowest BCUT2D eigenvalue weighted by atomic mass is 10.0. The smallest absolute Gasteiger partial charge is 0.247 e. The van der Waals surface area contributed by atoms with E-state index >= 15 is 0 Å². The molecule has 1 unspecified atom stereocenters. The lowest BCUT2D eigenvalue weighted by Crippen LogP contribution is -2.43. The van der Waals surface area contributed by atoms with Gasteiger partial charge in [-0.05, 0) is 48.2 Å². The number of carbonyl (C=O) groups excluding carboxylic acids is 1. The van der Waals surface area contributed by atoms with Crippen molar-refractivity contribution in [3.05, 3.63) is 78.8 Å². The number of thiazole rings is 1. The summed E-state index contributed by atoms with van der Waals surface area (Å²) in [4.78, 5) is 22.2. The van der Waals surface area contributed by atoms with E-state index in [2.05, 4.69) is 38.1 Å². The van der Waals surface area contributed by atoms with Crippen LogP contribution in [0.25, 0.3) is 0 Å². The fraction of sp³-hybridized carbons (Fsp3) is 0.292. The van der Waals surface area contributed by atoms with Crippen LogP contribution in [0.4, 0.5) is 10.8 Å². The van der Waals surface area contributed by atoms with Gasteiger partial charge in [0, 0.05) is 43.0 Å². The summed E-state index contributed by atoms with van der Waals surface area (Å²) < 4.78 is 1.16. The number of aromatic nitrogens is 2. The third kappa shape index (κ3) is 6.64. The van der Waals surface area contributed by atoms with Crippen molar-refractivity contribution in [1.29, 1.82) is 0 Å². The molecule has 3 aromatic rings. The maximum absolute atomic E-state index is 11.4. The first-order chi connectivity index (χ1) is 16.1. The third-order valence-electron chi connectivity index (χ3n) is 5.38. The second-order valence-electron chi connectivity index (χ2n) is 7.80. The van der Waals surface area contributed by atoms with Gasteiger partial charge < -0.3 is 15.7 Å². The van der Waals surface area contributed by atoms with Crippen LogP contribution in [0, 0.1) is 0 Å². The molecule has 0 saturated carbocycles. The number of aliphatic hydroxyl groups excluding tert-OH is 1. The van der Waals surface area contributed by atoms with E-state index in [0.717, 1.165) is 46.6 Å². The van der Waals surface area contributed by atoms with Gasteiger partial charge >= 0.3 is 0 Å². The van der Waals surface area contributed by atoms with Crippen LogP contribution in [-0.2, 0) is 10.5 Å². The Morgan fingerprint density at radius 3 is 2.94 bits per heavy atom. The molecule has 1 fully saturated rings. The molecule has 0 radical (unpaired) electrons. The van der Waals surface area contributed by atoms with Gasteiger partial charge in [-0.1, -0.05) is 36.1 Å². The number of aliphatic hydroxyl groups is 1. The van der Waals surface area contributed by atoms with E-state index in [4.69, 9.17) is 0 Å². The molecule has 1 aliphatic rings. The lowest BCUT2D eigenvalue weighted by Gasteiger charge is -2.36. The molecular formula is C24H27N5O2S2. The topological polar surface area (TPSA) is 90.4 Å². The summed E-state index contributed by atoms with van der Waals surface area (Å²) in [5.41, 5.74) is 2.67. The molecule has 2 aromatic heterocycles. The fourth-order valence-electron chi connectivity index (χ4n) is 3.69. The van der Waals surface area contributed by atoms with E-state index in [1.807, 2.05) is 30.6 Å². The molecule has 3 N–H and O–H groups in total. The molecule has 1 amide bonds. The summed E-state index contributed by atoms with van der Waals surface area (Å²) in [6, 6.07) is 11.5. The van der Waals surface area contributed by atoms with E-state index in [1.54, 1.807) is 41.4 Å². The molecule has 7 nitrogen and oxygen atoms in total. The number of piperidine rings is 1. The van der Waals surface area contributed by atoms with E-state index in [0.29, 0.717) is 5.69 Å². The molecule has 0 bridgehead atoms. The van der Waals surface area contributed by atoms with Gasteiger partial charge in [-0.3, -0.25) is 14.7 Å². The van der Waals surface area contributed by atoms with E-state index in [1.165, 1.54) is 11.6 Å². The quantitative estimate of drug-likeness (QED) is 0.306. The van der Waals surface area contributed by atoms with E-state index < -0.39 is 6.23 Å². The van der Waals surface area contributed by atoms with Crippen molar-refractivity contribution in [3.63, 3.8) is 0 Å². The Hall–Kier alpha value is -2.72. The number of pyridine rings is 1. The lowest BCUT2D eigenvalue weighted by molar-refractivity contribution is -0.111. The minimum Gasteiger partial charge on any atom is -0.374 e. The number of likely N-dealkylation sites (tertiary alicyclic amines) is 1. The monoisotopic (exact) mass is 481 g/mol. The van der Waals surface area contributed by atoms with Crippen molar-refractivity contribution in [1.82, 2.24) is 14.9 Å². The molecule has 3 heterocycles. The highest BCUT2D eigenvalue weighted by molar-refractivity contribution is 8.00. The van der Waals surface area contributed by atoms with Crippen LogP contribution in [0.1, 0.15) is 30.2 Å². The molecule has 1 aromatic carbocycles. The molecule has 172 valence electrons. The molecule has 2 atom stereocenters. The highest BCUT2D eigenvalue weighted by Gasteiger charge is 2.26. The zero-order valence-electron chi connectivity index (χ0n) is 18.2. The summed E-state index contributed by atoms with van der Waals surface area (Å²) in [6.45, 7) is 5.01. The Labute approximate surface area is 202 Å². The molecule has 9 heteroatoms. The van der Waals surface area contributed by atoms with Crippen molar-refractivity contribution >= 4 is 39.8 Å². The number of carbonyl (C=O) groups is 1. The summed E-state index contributed by atoms with van der Waals surface area (Å²) in [6.07, 6.45) is 8.15. The maximum Gasteiger partial charge on any atom is 0.247 e. The minimum atomic E-state index is -0.694. The number of amides is 1. The van der Waals surface area contributed by atoms with E-state index in [-0.39, 0.29) is 11.9 Å². The van der Waals surface area contributed by atoms with E-state index in [9.17, 15) is 9.90 Å².